The number of hydrogen-bond donors (Lipinski definition) is 0. The second-order valence-corrected chi connectivity index (χ2v) is 4.96. The van der Waals surface area contributed by atoms with E-state index in [1.54, 1.807) is 12.3 Å². The van der Waals surface area contributed by atoms with E-state index in [-0.39, 0.29) is 17.7 Å². The van der Waals surface area contributed by atoms with E-state index in [4.69, 9.17) is 4.74 Å². The van der Waals surface area contributed by atoms with Crippen LogP contribution in [0.25, 0.3) is 0 Å². The maximum atomic E-state index is 13.0. The van der Waals surface area contributed by atoms with Crippen molar-refractivity contribution in [2.24, 2.45) is 11.8 Å². The number of hydrogen-bond acceptors (Lipinski definition) is 3. The van der Waals surface area contributed by atoms with Gasteiger partial charge in [-0.15, -0.1) is 0 Å². The number of methoxy groups -OCH3 is 1. The monoisotopic (exact) mass is 251 g/mol. The van der Waals surface area contributed by atoms with E-state index >= 15 is 0 Å². The number of rotatable bonds is 3. The summed E-state index contributed by atoms with van der Waals surface area (Å²) in [4.78, 5) is 15.3. The first-order chi connectivity index (χ1) is 8.69. The molecule has 0 atom stereocenters. The maximum Gasteiger partial charge on any atom is 0.308 e. The lowest BCUT2D eigenvalue weighted by molar-refractivity contribution is -0.146. The van der Waals surface area contributed by atoms with E-state index in [1.807, 2.05) is 0 Å². The highest BCUT2D eigenvalue weighted by atomic mass is 19.1. The Bertz CT molecular complexity index is 414. The van der Waals surface area contributed by atoms with Gasteiger partial charge in [0, 0.05) is 6.20 Å². The number of ether oxygens (including phenoxy) is 1. The van der Waals surface area contributed by atoms with Crippen molar-refractivity contribution >= 4 is 5.97 Å². The molecule has 0 spiro atoms. The van der Waals surface area contributed by atoms with Gasteiger partial charge in [-0.2, -0.15) is 0 Å². The van der Waals surface area contributed by atoms with Gasteiger partial charge in [-0.25, -0.2) is 4.39 Å². The summed E-state index contributed by atoms with van der Waals surface area (Å²) in [6, 6.07) is 1.54. The van der Waals surface area contributed by atoms with E-state index in [0.717, 1.165) is 37.7 Å². The van der Waals surface area contributed by atoms with Gasteiger partial charge < -0.3 is 4.74 Å². The van der Waals surface area contributed by atoms with Crippen LogP contribution in [0.1, 0.15) is 31.2 Å². The van der Waals surface area contributed by atoms with Crippen molar-refractivity contribution in [2.75, 3.05) is 7.11 Å². The number of aromatic nitrogens is 1. The molecule has 0 aliphatic heterocycles. The number of nitrogens with zero attached hydrogens (tertiary/aromatic N) is 1. The summed E-state index contributed by atoms with van der Waals surface area (Å²) in [6.07, 6.45) is 7.53. The van der Waals surface area contributed by atoms with Crippen LogP contribution < -0.4 is 0 Å². The third kappa shape index (κ3) is 3.28. The smallest absolute Gasteiger partial charge is 0.308 e. The highest BCUT2D eigenvalue weighted by molar-refractivity contribution is 5.72. The Balaban J connectivity index is 1.85. The fourth-order valence-electron chi connectivity index (χ4n) is 2.67. The molecule has 0 saturated heterocycles. The predicted octanol–water partition coefficient (Wildman–Crippen LogP) is 2.74. The Labute approximate surface area is 106 Å². The molecule has 0 radical (unpaired) electrons. The molecule has 98 valence electrons. The van der Waals surface area contributed by atoms with Crippen LogP contribution in [0.5, 0.6) is 0 Å². The zero-order valence-electron chi connectivity index (χ0n) is 10.6. The molecule has 0 N–H and O–H groups in total. The first-order valence-electron chi connectivity index (χ1n) is 6.36. The third-order valence-corrected chi connectivity index (χ3v) is 3.67. The minimum absolute atomic E-state index is 0.0527. The summed E-state index contributed by atoms with van der Waals surface area (Å²) in [6.45, 7) is 0. The van der Waals surface area contributed by atoms with E-state index in [0.29, 0.717) is 5.92 Å². The molecule has 1 saturated carbocycles. The summed E-state index contributed by atoms with van der Waals surface area (Å²) >= 11 is 0. The Kier molecular flexibility index (Phi) is 4.28. The average molecular weight is 251 g/mol. The Morgan fingerprint density at radius 1 is 1.39 bits per heavy atom. The summed E-state index contributed by atoms with van der Waals surface area (Å²) in [5, 5.41) is 0. The lowest BCUT2D eigenvalue weighted by Crippen LogP contribution is -2.23. The van der Waals surface area contributed by atoms with Gasteiger partial charge in [-0.3, -0.25) is 9.78 Å². The van der Waals surface area contributed by atoms with Gasteiger partial charge in [0.2, 0.25) is 0 Å². The lowest BCUT2D eigenvalue weighted by atomic mass is 9.79. The molecule has 18 heavy (non-hydrogen) atoms. The molecular weight excluding hydrogens is 233 g/mol. The minimum Gasteiger partial charge on any atom is -0.469 e. The van der Waals surface area contributed by atoms with Gasteiger partial charge in [0.1, 0.15) is 5.82 Å². The number of esters is 1. The van der Waals surface area contributed by atoms with Crippen LogP contribution >= 0.6 is 0 Å². The van der Waals surface area contributed by atoms with Crippen molar-refractivity contribution < 1.29 is 13.9 Å². The van der Waals surface area contributed by atoms with Gasteiger partial charge in [-0.1, -0.05) is 0 Å². The normalized spacial score (nSPS) is 23.7. The molecule has 4 heteroatoms. The molecule has 1 heterocycles. The number of halogens is 1. The summed E-state index contributed by atoms with van der Waals surface area (Å²) in [5.41, 5.74) is 0.941. The van der Waals surface area contributed by atoms with E-state index in [2.05, 4.69) is 4.98 Å². The maximum absolute atomic E-state index is 13.0. The Morgan fingerprint density at radius 2 is 2.11 bits per heavy atom. The number of carbonyl (C=O) groups is 1. The van der Waals surface area contributed by atoms with Crippen LogP contribution in [0.4, 0.5) is 4.39 Å². The largest absolute Gasteiger partial charge is 0.469 e. The van der Waals surface area contributed by atoms with Gasteiger partial charge in [0.15, 0.2) is 0 Å². The van der Waals surface area contributed by atoms with Crippen LogP contribution in [-0.2, 0) is 16.0 Å². The topological polar surface area (TPSA) is 39.2 Å². The van der Waals surface area contributed by atoms with E-state index in [9.17, 15) is 9.18 Å². The molecule has 0 amide bonds. The first kappa shape index (κ1) is 13.0. The molecule has 0 unspecified atom stereocenters. The summed E-state index contributed by atoms with van der Waals surface area (Å²) in [7, 11) is 1.44. The van der Waals surface area contributed by atoms with Crippen molar-refractivity contribution in [3.63, 3.8) is 0 Å². The molecule has 0 aromatic carbocycles. The molecular formula is C14H18FNO2. The quantitative estimate of drug-likeness (QED) is 0.775. The molecule has 1 aromatic heterocycles. The molecule has 1 fully saturated rings. The number of pyridine rings is 1. The van der Waals surface area contributed by atoms with Gasteiger partial charge in [-0.05, 0) is 49.7 Å². The SMILES string of the molecule is COC(=O)C1CCC(Cc2cncc(F)c2)CC1. The van der Waals surface area contributed by atoms with Crippen LogP contribution in [0.15, 0.2) is 18.5 Å². The molecule has 0 bridgehead atoms. The van der Waals surface area contributed by atoms with Crippen LogP contribution in [0, 0.1) is 17.7 Å². The number of carbonyl (C=O) groups excluding carboxylic acids is 1. The zero-order valence-corrected chi connectivity index (χ0v) is 10.6. The van der Waals surface area contributed by atoms with Crippen molar-refractivity contribution in [1.82, 2.24) is 4.98 Å². The zero-order chi connectivity index (χ0) is 13.0. The molecule has 3 nitrogen and oxygen atoms in total. The Morgan fingerprint density at radius 3 is 2.72 bits per heavy atom. The third-order valence-electron chi connectivity index (χ3n) is 3.67. The highest BCUT2D eigenvalue weighted by Crippen LogP contribution is 2.31. The van der Waals surface area contributed by atoms with Gasteiger partial charge >= 0.3 is 5.97 Å². The van der Waals surface area contributed by atoms with E-state index < -0.39 is 0 Å². The molecule has 2 rings (SSSR count). The molecule has 1 aromatic rings. The van der Waals surface area contributed by atoms with Crippen molar-refractivity contribution in [1.29, 1.82) is 0 Å². The van der Waals surface area contributed by atoms with Crippen LogP contribution in [0.2, 0.25) is 0 Å². The fraction of sp³-hybridized carbons (Fsp3) is 0.571. The lowest BCUT2D eigenvalue weighted by Gasteiger charge is -2.26. The van der Waals surface area contributed by atoms with Gasteiger partial charge in [0.25, 0.3) is 0 Å². The van der Waals surface area contributed by atoms with Gasteiger partial charge in [0.05, 0.1) is 19.2 Å². The second-order valence-electron chi connectivity index (χ2n) is 4.96. The van der Waals surface area contributed by atoms with Crippen LogP contribution in [0.3, 0.4) is 0 Å². The second kappa shape index (κ2) is 5.94. The highest BCUT2D eigenvalue weighted by Gasteiger charge is 2.26. The average Bonchev–Trinajstić information content (AvgIpc) is 2.39. The minimum atomic E-state index is -0.282. The fourth-order valence-corrected chi connectivity index (χ4v) is 2.67. The standard InChI is InChI=1S/C14H18FNO2/c1-18-14(17)12-4-2-10(3-5-12)6-11-7-13(15)9-16-8-11/h7-10,12H,2-6H2,1H3. The first-order valence-corrected chi connectivity index (χ1v) is 6.36. The Hall–Kier alpha value is -1.45. The molecule has 1 aliphatic carbocycles. The van der Waals surface area contributed by atoms with Crippen molar-refractivity contribution in [3.8, 4) is 0 Å². The summed E-state index contributed by atoms with van der Waals surface area (Å²) < 4.78 is 17.8. The molecule has 1 aliphatic rings. The van der Waals surface area contributed by atoms with E-state index in [1.165, 1.54) is 13.3 Å². The predicted molar refractivity (Wildman–Crippen MR) is 65.4 cm³/mol. The van der Waals surface area contributed by atoms with Crippen molar-refractivity contribution in [2.45, 2.75) is 32.1 Å². The summed E-state index contributed by atoms with van der Waals surface area (Å²) in [5.74, 6) is 0.197. The van der Waals surface area contributed by atoms with Crippen molar-refractivity contribution in [3.05, 3.63) is 29.8 Å². The van der Waals surface area contributed by atoms with Crippen LogP contribution in [-0.4, -0.2) is 18.1 Å².